The van der Waals surface area contributed by atoms with Crippen LogP contribution in [0.2, 0.25) is 0 Å². The fourth-order valence-electron chi connectivity index (χ4n) is 11.1. The smallest absolute Gasteiger partial charge is 0.237 e. The van der Waals surface area contributed by atoms with Gasteiger partial charge in [-0.15, -0.1) is 0 Å². The van der Waals surface area contributed by atoms with E-state index in [1.54, 1.807) is 0 Å². The molecule has 1 heterocycles. The van der Waals surface area contributed by atoms with Crippen LogP contribution in [0.3, 0.4) is 0 Å². The zero-order chi connectivity index (χ0) is 27.4. The SMILES string of the molecule is N=C(N)C1CCC2CC(C(=O)NC34CC5CC(CC(C5)C3)C4)N(CC3CCC(OC4CCC(F)CC4)CC3)C2C1. The summed E-state index contributed by atoms with van der Waals surface area (Å²) in [7, 11) is 0. The zero-order valence-corrected chi connectivity index (χ0v) is 24.5. The van der Waals surface area contributed by atoms with Gasteiger partial charge in [0.05, 0.1) is 24.1 Å². The Balaban J connectivity index is 1.01. The topological polar surface area (TPSA) is 91.4 Å². The van der Waals surface area contributed by atoms with Crippen molar-refractivity contribution in [3.05, 3.63) is 0 Å². The molecule has 7 saturated carbocycles. The number of nitrogens with two attached hydrogens (primary N) is 1. The van der Waals surface area contributed by atoms with Gasteiger partial charge in [0.1, 0.15) is 6.17 Å². The molecule has 0 spiro atoms. The van der Waals surface area contributed by atoms with Crippen molar-refractivity contribution in [3.8, 4) is 0 Å². The van der Waals surface area contributed by atoms with Gasteiger partial charge in [-0.05, 0) is 145 Å². The molecule has 8 aliphatic rings. The molecule has 8 rings (SSSR count). The lowest BCUT2D eigenvalue weighted by Crippen LogP contribution is -2.62. The third-order valence-electron chi connectivity index (χ3n) is 12.7. The van der Waals surface area contributed by atoms with Crippen molar-refractivity contribution in [3.63, 3.8) is 0 Å². The van der Waals surface area contributed by atoms with E-state index in [0.29, 0.717) is 48.6 Å². The van der Waals surface area contributed by atoms with E-state index in [9.17, 15) is 9.18 Å². The quantitative estimate of drug-likeness (QED) is 0.276. The number of hydrogen-bond donors (Lipinski definition) is 3. The van der Waals surface area contributed by atoms with Gasteiger partial charge in [-0.25, -0.2) is 4.39 Å². The van der Waals surface area contributed by atoms with Crippen LogP contribution in [-0.4, -0.2) is 59.2 Å². The minimum Gasteiger partial charge on any atom is -0.387 e. The van der Waals surface area contributed by atoms with Crippen LogP contribution < -0.4 is 11.1 Å². The van der Waals surface area contributed by atoms with Gasteiger partial charge in [0.25, 0.3) is 0 Å². The van der Waals surface area contributed by atoms with Gasteiger partial charge >= 0.3 is 0 Å². The molecule has 4 atom stereocenters. The normalized spacial score (nSPS) is 48.6. The highest BCUT2D eigenvalue weighted by atomic mass is 19.1. The van der Waals surface area contributed by atoms with Crippen molar-refractivity contribution in [1.82, 2.24) is 10.2 Å². The lowest BCUT2D eigenvalue weighted by Gasteiger charge is -2.57. The van der Waals surface area contributed by atoms with Crippen molar-refractivity contribution in [2.75, 3.05) is 6.54 Å². The average Bonchev–Trinajstić information content (AvgIpc) is 3.28. The summed E-state index contributed by atoms with van der Waals surface area (Å²) in [6, 6.07) is 0.346. The van der Waals surface area contributed by atoms with E-state index in [1.807, 2.05) is 0 Å². The molecule has 0 aromatic rings. The summed E-state index contributed by atoms with van der Waals surface area (Å²) in [4.78, 5) is 16.8. The molecule has 0 aromatic carbocycles. The van der Waals surface area contributed by atoms with Crippen LogP contribution in [0.1, 0.15) is 116 Å². The van der Waals surface area contributed by atoms with Crippen molar-refractivity contribution < 1.29 is 13.9 Å². The van der Waals surface area contributed by atoms with E-state index in [2.05, 4.69) is 10.2 Å². The molecule has 0 aromatic heterocycles. The first-order valence-electron chi connectivity index (χ1n) is 17.0. The number of fused-ring (bicyclic) bond motifs is 1. The second kappa shape index (κ2) is 11.1. The summed E-state index contributed by atoms with van der Waals surface area (Å²) < 4.78 is 20.0. The van der Waals surface area contributed by atoms with Crippen LogP contribution in [0.4, 0.5) is 4.39 Å². The number of halogens is 1. The van der Waals surface area contributed by atoms with Gasteiger partial charge in [-0.1, -0.05) is 0 Å². The lowest BCUT2D eigenvalue weighted by molar-refractivity contribution is -0.132. The molecular formula is C33H53FN4O2. The van der Waals surface area contributed by atoms with E-state index in [1.165, 1.54) is 38.5 Å². The number of nitrogens with zero attached hydrogens (tertiary/aromatic N) is 1. The van der Waals surface area contributed by atoms with E-state index in [4.69, 9.17) is 15.9 Å². The third kappa shape index (κ3) is 5.59. The monoisotopic (exact) mass is 556 g/mol. The molecule has 6 nitrogen and oxygen atoms in total. The Morgan fingerprint density at radius 1 is 0.850 bits per heavy atom. The molecule has 1 amide bonds. The predicted molar refractivity (Wildman–Crippen MR) is 155 cm³/mol. The van der Waals surface area contributed by atoms with Crippen LogP contribution >= 0.6 is 0 Å². The Kier molecular flexibility index (Phi) is 7.68. The van der Waals surface area contributed by atoms with Gasteiger partial charge in [-0.2, -0.15) is 0 Å². The Morgan fingerprint density at radius 3 is 2.05 bits per heavy atom. The molecule has 1 aliphatic heterocycles. The standard InChI is InChI=1S/C33H53FN4O2/c34-26-5-9-28(10-6-26)40-27-7-1-20(2-8-27)19-38-29-15-25(31(35)36)4-3-24(29)14-30(38)32(39)37-33-16-21-11-22(17-33)13-23(12-21)18-33/h20-30H,1-19H2,(H3,35,36)(H,37,39). The maximum absolute atomic E-state index is 14.2. The van der Waals surface area contributed by atoms with E-state index in [0.717, 1.165) is 88.5 Å². The molecule has 7 heteroatoms. The molecular weight excluding hydrogens is 503 g/mol. The Bertz CT molecular complexity index is 907. The molecule has 7 aliphatic carbocycles. The summed E-state index contributed by atoms with van der Waals surface area (Å²) in [5.41, 5.74) is 6.08. The number of rotatable bonds is 7. The minimum atomic E-state index is -0.629. The summed E-state index contributed by atoms with van der Waals surface area (Å²) in [5.74, 6) is 4.42. The number of carbonyl (C=O) groups excluding carboxylic acids is 1. The predicted octanol–water partition coefficient (Wildman–Crippen LogP) is 5.72. The number of amides is 1. The molecule has 4 unspecified atom stereocenters. The number of nitrogens with one attached hydrogen (secondary N) is 2. The lowest BCUT2D eigenvalue weighted by atomic mass is 9.53. The number of alkyl halides is 1. The molecule has 0 radical (unpaired) electrons. The largest absolute Gasteiger partial charge is 0.387 e. The minimum absolute atomic E-state index is 0.0291. The highest BCUT2D eigenvalue weighted by molar-refractivity contribution is 5.83. The molecule has 4 N–H and O–H groups in total. The van der Waals surface area contributed by atoms with Gasteiger partial charge in [0.2, 0.25) is 5.91 Å². The maximum Gasteiger partial charge on any atom is 0.237 e. The van der Waals surface area contributed by atoms with E-state index in [-0.39, 0.29) is 23.6 Å². The second-order valence-electron chi connectivity index (χ2n) is 15.6. The van der Waals surface area contributed by atoms with Crippen LogP contribution in [-0.2, 0) is 9.53 Å². The van der Waals surface area contributed by atoms with Gasteiger partial charge in [0, 0.05) is 24.0 Å². The van der Waals surface area contributed by atoms with Crippen molar-refractivity contribution in [1.29, 1.82) is 5.41 Å². The van der Waals surface area contributed by atoms with Crippen LogP contribution in [0.15, 0.2) is 0 Å². The van der Waals surface area contributed by atoms with Gasteiger partial charge in [-0.3, -0.25) is 15.1 Å². The number of amidine groups is 1. The Hall–Kier alpha value is -1.21. The first-order chi connectivity index (χ1) is 19.3. The summed E-state index contributed by atoms with van der Waals surface area (Å²) in [5, 5.41) is 11.9. The van der Waals surface area contributed by atoms with Crippen LogP contribution in [0, 0.1) is 40.9 Å². The van der Waals surface area contributed by atoms with E-state index < -0.39 is 6.17 Å². The number of hydrogen-bond acceptors (Lipinski definition) is 4. The summed E-state index contributed by atoms with van der Waals surface area (Å²) >= 11 is 0. The molecule has 40 heavy (non-hydrogen) atoms. The Labute approximate surface area is 240 Å². The fourth-order valence-corrected chi connectivity index (χ4v) is 11.1. The summed E-state index contributed by atoms with van der Waals surface area (Å²) in [6.07, 6.45) is 19.3. The average molecular weight is 557 g/mol. The molecule has 1 saturated heterocycles. The molecule has 4 bridgehead atoms. The second-order valence-corrected chi connectivity index (χ2v) is 15.6. The number of carbonyl (C=O) groups is 1. The molecule has 8 fully saturated rings. The number of ether oxygens (including phenoxy) is 1. The van der Waals surface area contributed by atoms with Crippen molar-refractivity contribution in [2.24, 2.45) is 41.2 Å². The number of likely N-dealkylation sites (tertiary alicyclic amines) is 1. The maximum atomic E-state index is 14.2. The van der Waals surface area contributed by atoms with Crippen LogP contribution in [0.25, 0.3) is 0 Å². The first-order valence-corrected chi connectivity index (χ1v) is 17.0. The first kappa shape index (κ1) is 27.6. The van der Waals surface area contributed by atoms with Crippen LogP contribution in [0.5, 0.6) is 0 Å². The molecule has 224 valence electrons. The fraction of sp³-hybridized carbons (Fsp3) is 0.939. The Morgan fingerprint density at radius 2 is 1.45 bits per heavy atom. The van der Waals surface area contributed by atoms with Crippen molar-refractivity contribution in [2.45, 2.75) is 152 Å². The van der Waals surface area contributed by atoms with Gasteiger partial charge in [0.15, 0.2) is 0 Å². The third-order valence-corrected chi connectivity index (χ3v) is 12.7. The highest BCUT2D eigenvalue weighted by Gasteiger charge is 2.54. The summed E-state index contributed by atoms with van der Waals surface area (Å²) in [6.45, 7) is 0.991. The van der Waals surface area contributed by atoms with Crippen molar-refractivity contribution >= 4 is 11.7 Å². The zero-order valence-electron chi connectivity index (χ0n) is 24.5. The highest BCUT2D eigenvalue weighted by Crippen LogP contribution is 2.56. The van der Waals surface area contributed by atoms with Gasteiger partial charge < -0.3 is 15.8 Å². The van der Waals surface area contributed by atoms with E-state index >= 15 is 0 Å².